The average Bonchev–Trinajstić information content (AvgIpc) is 3.69. The van der Waals surface area contributed by atoms with Gasteiger partial charge in [-0.15, -0.1) is 5.10 Å². The molecule has 0 aliphatic carbocycles. The molecule has 53 heavy (non-hydrogen) atoms. The Morgan fingerprint density at radius 1 is 1.06 bits per heavy atom. The molecule has 2 aliphatic rings. The monoisotopic (exact) mass is 786 g/mol. The first-order valence-corrected chi connectivity index (χ1v) is 19.0. The second kappa shape index (κ2) is 17.2. The van der Waals surface area contributed by atoms with E-state index in [1.54, 1.807) is 20.7 Å². The molecular weight excluding hydrogens is 740 g/mol. The molecule has 3 atom stereocenters. The molecule has 0 fully saturated rings. The molecular formula is C40H47BrN6O6. The lowest BCUT2D eigenvalue weighted by Gasteiger charge is -2.35. The van der Waals surface area contributed by atoms with Crippen molar-refractivity contribution in [1.82, 2.24) is 20.3 Å². The van der Waals surface area contributed by atoms with Gasteiger partial charge >= 0.3 is 0 Å². The van der Waals surface area contributed by atoms with E-state index in [4.69, 9.17) is 9.84 Å². The second-order valence-corrected chi connectivity index (χ2v) is 14.4. The number of aliphatic hydroxyl groups excluding tert-OH is 2. The SMILES string of the molecule is CCOc1ccc2c(c1)CC(NCCCCO)C(=O)N2c1ccc(CN2C(=O)[C@@](O)([C@@H](C)/C=C/CCn3cc(CCO)nn3)c3cc(Br)ccc32)cc1. The van der Waals surface area contributed by atoms with Crippen molar-refractivity contribution in [3.8, 4) is 5.75 Å². The minimum atomic E-state index is -1.78. The molecule has 0 bridgehead atoms. The summed E-state index contributed by atoms with van der Waals surface area (Å²) < 4.78 is 8.24. The minimum Gasteiger partial charge on any atom is -0.494 e. The lowest BCUT2D eigenvalue weighted by molar-refractivity contribution is -0.139. The molecule has 2 aliphatic heterocycles. The van der Waals surface area contributed by atoms with Gasteiger partial charge in [-0.05, 0) is 98.8 Å². The van der Waals surface area contributed by atoms with Crippen LogP contribution in [0.3, 0.4) is 0 Å². The van der Waals surface area contributed by atoms with E-state index in [1.807, 2.05) is 86.7 Å². The Balaban J connectivity index is 1.20. The number of benzene rings is 3. The van der Waals surface area contributed by atoms with Gasteiger partial charge in [-0.1, -0.05) is 52.4 Å². The van der Waals surface area contributed by atoms with Gasteiger partial charge < -0.3 is 30.3 Å². The molecule has 280 valence electrons. The zero-order valence-electron chi connectivity index (χ0n) is 30.1. The van der Waals surface area contributed by atoms with Crippen LogP contribution in [0.5, 0.6) is 5.75 Å². The van der Waals surface area contributed by atoms with Gasteiger partial charge in [-0.3, -0.25) is 19.2 Å². The van der Waals surface area contributed by atoms with Crippen LogP contribution in [0.1, 0.15) is 55.5 Å². The van der Waals surface area contributed by atoms with E-state index in [-0.39, 0.29) is 25.7 Å². The van der Waals surface area contributed by atoms with Crippen LogP contribution in [0.4, 0.5) is 17.1 Å². The summed E-state index contributed by atoms with van der Waals surface area (Å²) in [5, 5.41) is 42.0. The predicted octanol–water partition coefficient (Wildman–Crippen LogP) is 4.94. The number of hydrogen-bond acceptors (Lipinski definition) is 9. The van der Waals surface area contributed by atoms with Crippen LogP contribution in [0.25, 0.3) is 0 Å². The first-order chi connectivity index (χ1) is 25.7. The fraction of sp³-hybridized carbons (Fsp3) is 0.400. The molecule has 3 aromatic carbocycles. The summed E-state index contributed by atoms with van der Waals surface area (Å²) in [6.07, 6.45) is 8.64. The number of anilines is 3. The van der Waals surface area contributed by atoms with E-state index in [1.165, 1.54) is 0 Å². The molecule has 3 heterocycles. The average molecular weight is 788 g/mol. The van der Waals surface area contributed by atoms with Crippen LogP contribution >= 0.6 is 15.9 Å². The van der Waals surface area contributed by atoms with E-state index in [2.05, 4.69) is 31.6 Å². The Morgan fingerprint density at radius 3 is 2.60 bits per heavy atom. The highest BCUT2D eigenvalue weighted by molar-refractivity contribution is 9.10. The number of amides is 2. The normalized spacial score (nSPS) is 18.9. The maximum absolute atomic E-state index is 14.2. The molecule has 0 spiro atoms. The molecule has 0 saturated heterocycles. The van der Waals surface area contributed by atoms with Crippen molar-refractivity contribution in [1.29, 1.82) is 0 Å². The van der Waals surface area contributed by atoms with Crippen molar-refractivity contribution in [2.45, 2.75) is 70.7 Å². The van der Waals surface area contributed by atoms with Crippen LogP contribution in [0, 0.1) is 5.92 Å². The van der Waals surface area contributed by atoms with Gasteiger partial charge in [-0.25, -0.2) is 0 Å². The molecule has 1 aromatic heterocycles. The zero-order chi connectivity index (χ0) is 37.5. The van der Waals surface area contributed by atoms with E-state index in [0.717, 1.165) is 39.2 Å². The van der Waals surface area contributed by atoms with E-state index in [9.17, 15) is 19.8 Å². The first kappa shape index (κ1) is 38.3. The molecule has 4 aromatic rings. The van der Waals surface area contributed by atoms with Gasteiger partial charge in [0.1, 0.15) is 5.75 Å². The number of ether oxygens (including phenoxy) is 1. The molecule has 0 saturated carbocycles. The summed E-state index contributed by atoms with van der Waals surface area (Å²) in [4.78, 5) is 31.5. The Hall–Kier alpha value is -4.40. The van der Waals surface area contributed by atoms with Crippen molar-refractivity contribution in [3.63, 3.8) is 0 Å². The second-order valence-electron chi connectivity index (χ2n) is 13.5. The summed E-state index contributed by atoms with van der Waals surface area (Å²) in [6, 6.07) is 18.5. The number of nitrogens with zero attached hydrogens (tertiary/aromatic N) is 5. The van der Waals surface area contributed by atoms with E-state index < -0.39 is 23.5 Å². The summed E-state index contributed by atoms with van der Waals surface area (Å²) in [5.41, 5.74) is 3.47. The highest BCUT2D eigenvalue weighted by Crippen LogP contribution is 2.47. The van der Waals surface area contributed by atoms with Crippen LogP contribution in [-0.2, 0) is 41.1 Å². The molecule has 0 radical (unpaired) electrons. The number of aryl methyl sites for hydroxylation is 1. The highest BCUT2D eigenvalue weighted by atomic mass is 79.9. The lowest BCUT2D eigenvalue weighted by atomic mass is 9.83. The third-order valence-corrected chi connectivity index (χ3v) is 10.3. The molecule has 13 heteroatoms. The fourth-order valence-corrected chi connectivity index (χ4v) is 7.41. The van der Waals surface area contributed by atoms with Gasteiger partial charge in [0.15, 0.2) is 5.60 Å². The first-order valence-electron chi connectivity index (χ1n) is 18.2. The number of halogens is 1. The summed E-state index contributed by atoms with van der Waals surface area (Å²) >= 11 is 3.53. The number of nitrogens with one attached hydrogen (secondary N) is 1. The number of allylic oxidation sites excluding steroid dienone is 1. The fourth-order valence-electron chi connectivity index (χ4n) is 7.05. The van der Waals surface area contributed by atoms with Gasteiger partial charge in [0.2, 0.25) is 5.91 Å². The minimum absolute atomic E-state index is 0.0136. The number of fused-ring (bicyclic) bond motifs is 2. The van der Waals surface area contributed by atoms with Crippen LogP contribution in [-0.4, -0.2) is 74.5 Å². The zero-order valence-corrected chi connectivity index (χ0v) is 31.7. The standard InChI is InChI=1S/C40H47BrN6O6/c1-3-53-33-14-16-36-29(22-33)23-35(42-18-5-7-20-48)38(50)47(36)32-12-9-28(10-13-32)25-46-37-15-11-30(41)24-34(37)40(52,39(46)51)27(2)8-4-6-19-45-26-31(17-21-49)43-44-45/h4,8-16,22,24,26-27,35,42,48-49,52H,3,5-7,17-21,23,25H2,1-2H3/b8-4+/t27-,35?,40+/m0/s1. The third kappa shape index (κ3) is 8.24. The number of aromatic nitrogens is 3. The lowest BCUT2D eigenvalue weighted by Crippen LogP contribution is -2.49. The van der Waals surface area contributed by atoms with Crippen molar-refractivity contribution < 1.29 is 29.6 Å². The number of aliphatic hydroxyl groups is 3. The Kier molecular flexibility index (Phi) is 12.4. The van der Waals surface area contributed by atoms with Crippen molar-refractivity contribution in [3.05, 3.63) is 106 Å². The highest BCUT2D eigenvalue weighted by Gasteiger charge is 2.52. The number of carbonyl (C=O) groups is 2. The molecule has 4 N–H and O–H groups in total. The maximum atomic E-state index is 14.2. The largest absolute Gasteiger partial charge is 0.494 e. The van der Waals surface area contributed by atoms with Crippen LogP contribution in [0.2, 0.25) is 0 Å². The Labute approximate surface area is 318 Å². The van der Waals surface area contributed by atoms with E-state index in [0.29, 0.717) is 62.3 Å². The van der Waals surface area contributed by atoms with Gasteiger partial charge in [-0.2, -0.15) is 0 Å². The topological polar surface area (TPSA) is 153 Å². The quantitative estimate of drug-likeness (QED) is 0.0862. The maximum Gasteiger partial charge on any atom is 0.264 e. The number of hydrogen-bond donors (Lipinski definition) is 4. The summed E-state index contributed by atoms with van der Waals surface area (Å²) in [7, 11) is 0. The Morgan fingerprint density at radius 2 is 1.85 bits per heavy atom. The number of unbranched alkanes of at least 4 members (excludes halogenated alkanes) is 1. The van der Waals surface area contributed by atoms with Crippen LogP contribution in [0.15, 0.2) is 83.5 Å². The smallest absolute Gasteiger partial charge is 0.264 e. The molecule has 2 amide bonds. The predicted molar refractivity (Wildman–Crippen MR) is 206 cm³/mol. The molecule has 12 nitrogen and oxygen atoms in total. The summed E-state index contributed by atoms with van der Waals surface area (Å²) in [5.74, 6) is -0.248. The van der Waals surface area contributed by atoms with E-state index >= 15 is 0 Å². The van der Waals surface area contributed by atoms with Gasteiger partial charge in [0.25, 0.3) is 5.91 Å². The van der Waals surface area contributed by atoms with Crippen LogP contribution < -0.4 is 19.9 Å². The van der Waals surface area contributed by atoms with Gasteiger partial charge in [0.05, 0.1) is 36.3 Å². The van der Waals surface area contributed by atoms with Gasteiger partial charge in [0, 0.05) is 54.0 Å². The number of rotatable bonds is 17. The summed E-state index contributed by atoms with van der Waals surface area (Å²) in [6.45, 7) is 5.86. The van der Waals surface area contributed by atoms with Crippen molar-refractivity contribution >= 4 is 44.8 Å². The molecule has 6 rings (SSSR count). The Bertz CT molecular complexity index is 1930. The number of carbonyl (C=O) groups excluding carboxylic acids is 2. The molecule has 1 unspecified atom stereocenters. The van der Waals surface area contributed by atoms with Crippen molar-refractivity contribution in [2.24, 2.45) is 5.92 Å². The van der Waals surface area contributed by atoms with Crippen molar-refractivity contribution in [2.75, 3.05) is 36.2 Å². The third-order valence-electron chi connectivity index (χ3n) is 9.85.